The van der Waals surface area contributed by atoms with Gasteiger partial charge in [0, 0.05) is 17.7 Å². The van der Waals surface area contributed by atoms with Gasteiger partial charge in [-0.3, -0.25) is 9.69 Å². The lowest BCUT2D eigenvalue weighted by atomic mass is 10.1. The van der Waals surface area contributed by atoms with E-state index in [4.69, 9.17) is 4.98 Å². The Morgan fingerprint density at radius 2 is 1.41 bits per heavy atom. The highest BCUT2D eigenvalue weighted by Crippen LogP contribution is 2.40. The Hall–Kier alpha value is -3.50. The highest BCUT2D eigenvalue weighted by atomic mass is 32.1. The lowest BCUT2D eigenvalue weighted by Gasteiger charge is -2.18. The first-order chi connectivity index (χ1) is 14.3. The molecule has 0 saturated carbocycles. The molecule has 4 aromatic rings. The molecule has 3 aromatic carbocycles. The van der Waals surface area contributed by atoms with Crippen LogP contribution in [0, 0.1) is 0 Å². The molecule has 0 radical (unpaired) electrons. The molecule has 4 heteroatoms. The largest absolute Gasteiger partial charge is 0.280 e. The molecule has 0 N–H and O–H groups in total. The van der Waals surface area contributed by atoms with Crippen LogP contribution in [0.1, 0.15) is 10.4 Å². The van der Waals surface area contributed by atoms with Gasteiger partial charge in [-0.15, -0.1) is 6.58 Å². The summed E-state index contributed by atoms with van der Waals surface area (Å²) in [4.78, 5) is 20.8. The summed E-state index contributed by atoms with van der Waals surface area (Å²) in [6, 6.07) is 29.5. The first-order valence-corrected chi connectivity index (χ1v) is 10.2. The average molecular weight is 397 g/mol. The number of rotatable bonds is 6. The summed E-state index contributed by atoms with van der Waals surface area (Å²) in [7, 11) is 0. The van der Waals surface area contributed by atoms with E-state index in [0.29, 0.717) is 17.2 Å². The Balaban J connectivity index is 1.83. The van der Waals surface area contributed by atoms with E-state index in [9.17, 15) is 4.79 Å². The zero-order valence-corrected chi connectivity index (χ0v) is 16.7. The maximum Gasteiger partial charge on any atom is 0.260 e. The maximum atomic E-state index is 13.2. The monoisotopic (exact) mass is 396 g/mol. The van der Waals surface area contributed by atoms with Crippen molar-refractivity contribution in [1.29, 1.82) is 0 Å². The number of hydrogen-bond donors (Lipinski definition) is 0. The Kier molecular flexibility index (Phi) is 5.63. The molecule has 0 unspecified atom stereocenters. The average Bonchev–Trinajstić information content (AvgIpc) is 3.24. The number of aromatic nitrogens is 1. The van der Waals surface area contributed by atoms with Crippen LogP contribution in [0.5, 0.6) is 0 Å². The molecule has 1 amide bonds. The molecule has 0 bridgehead atoms. The number of carbonyl (C=O) groups is 1. The van der Waals surface area contributed by atoms with Crippen molar-refractivity contribution >= 4 is 22.4 Å². The van der Waals surface area contributed by atoms with Gasteiger partial charge < -0.3 is 0 Å². The highest BCUT2D eigenvalue weighted by Gasteiger charge is 2.23. The molecule has 0 spiro atoms. The van der Waals surface area contributed by atoms with Gasteiger partial charge in [0.1, 0.15) is 0 Å². The van der Waals surface area contributed by atoms with Crippen molar-refractivity contribution in [2.45, 2.75) is 0 Å². The van der Waals surface area contributed by atoms with Crippen molar-refractivity contribution < 1.29 is 4.79 Å². The second kappa shape index (κ2) is 8.67. The van der Waals surface area contributed by atoms with Crippen LogP contribution in [0.15, 0.2) is 104 Å². The molecule has 4 rings (SSSR count). The standard InChI is InChI=1S/C25H20N2OS/c1-2-18-27(24(28)21-16-10-5-11-17-21)25-26-22(19-12-6-3-7-13-19)23(29-25)20-14-8-4-9-15-20/h2-17H,1,18H2. The SMILES string of the molecule is C=CCN(C(=O)c1ccccc1)c1nc(-c2ccccc2)c(-c2ccccc2)s1. The van der Waals surface area contributed by atoms with Crippen LogP contribution in [0.4, 0.5) is 5.13 Å². The fraction of sp³-hybridized carbons (Fsp3) is 0.0400. The lowest BCUT2D eigenvalue weighted by Crippen LogP contribution is -2.30. The molecule has 1 heterocycles. The van der Waals surface area contributed by atoms with Crippen molar-refractivity contribution in [2.75, 3.05) is 11.4 Å². The summed E-state index contributed by atoms with van der Waals surface area (Å²) in [5, 5.41) is 0.663. The van der Waals surface area contributed by atoms with Gasteiger partial charge in [0.2, 0.25) is 0 Å². The fourth-order valence-electron chi connectivity index (χ4n) is 3.11. The Morgan fingerprint density at radius 3 is 2.00 bits per heavy atom. The van der Waals surface area contributed by atoms with E-state index in [-0.39, 0.29) is 5.91 Å². The fourth-order valence-corrected chi connectivity index (χ4v) is 4.22. The Labute approximate surface area is 174 Å². The molecule has 0 saturated heterocycles. The number of anilines is 1. The van der Waals surface area contributed by atoms with Crippen LogP contribution in [0.2, 0.25) is 0 Å². The lowest BCUT2D eigenvalue weighted by molar-refractivity contribution is 0.0989. The highest BCUT2D eigenvalue weighted by molar-refractivity contribution is 7.19. The van der Waals surface area contributed by atoms with Gasteiger partial charge in [-0.05, 0) is 17.7 Å². The molecule has 3 nitrogen and oxygen atoms in total. The third-order valence-electron chi connectivity index (χ3n) is 4.51. The minimum absolute atomic E-state index is 0.0847. The number of hydrogen-bond acceptors (Lipinski definition) is 3. The predicted molar refractivity (Wildman–Crippen MR) is 121 cm³/mol. The van der Waals surface area contributed by atoms with E-state index < -0.39 is 0 Å². The van der Waals surface area contributed by atoms with Gasteiger partial charge in [-0.1, -0.05) is 96.3 Å². The molecule has 0 aliphatic heterocycles. The van der Waals surface area contributed by atoms with E-state index in [2.05, 4.69) is 18.7 Å². The quantitative estimate of drug-likeness (QED) is 0.358. The third-order valence-corrected chi connectivity index (χ3v) is 5.63. The van der Waals surface area contributed by atoms with Gasteiger partial charge in [-0.25, -0.2) is 4.98 Å². The van der Waals surface area contributed by atoms with Crippen molar-refractivity contribution in [3.8, 4) is 21.7 Å². The smallest absolute Gasteiger partial charge is 0.260 e. The summed E-state index contributed by atoms with van der Waals surface area (Å²) >= 11 is 1.52. The van der Waals surface area contributed by atoms with Gasteiger partial charge in [0.05, 0.1) is 10.6 Å². The number of benzene rings is 3. The van der Waals surface area contributed by atoms with Gasteiger partial charge >= 0.3 is 0 Å². The van der Waals surface area contributed by atoms with Gasteiger partial charge in [0.25, 0.3) is 5.91 Å². The van der Waals surface area contributed by atoms with Gasteiger partial charge in [-0.2, -0.15) is 0 Å². The second-order valence-electron chi connectivity index (χ2n) is 6.48. The van der Waals surface area contributed by atoms with Crippen molar-refractivity contribution in [3.05, 3.63) is 109 Å². The van der Waals surface area contributed by atoms with Gasteiger partial charge in [0.15, 0.2) is 5.13 Å². The van der Waals surface area contributed by atoms with Crippen LogP contribution in [-0.2, 0) is 0 Å². The molecular formula is C25H20N2OS. The van der Waals surface area contributed by atoms with Crippen molar-refractivity contribution in [3.63, 3.8) is 0 Å². The number of nitrogens with zero attached hydrogens (tertiary/aromatic N) is 2. The summed E-state index contributed by atoms with van der Waals surface area (Å²) < 4.78 is 0. The van der Waals surface area contributed by atoms with Crippen LogP contribution in [0.3, 0.4) is 0 Å². The van der Waals surface area contributed by atoms with E-state index in [1.54, 1.807) is 11.0 Å². The number of carbonyl (C=O) groups excluding carboxylic acids is 1. The molecule has 142 valence electrons. The van der Waals surface area contributed by atoms with E-state index >= 15 is 0 Å². The zero-order valence-electron chi connectivity index (χ0n) is 15.9. The van der Waals surface area contributed by atoms with E-state index in [1.807, 2.05) is 78.9 Å². The Bertz CT molecular complexity index is 1050. The van der Waals surface area contributed by atoms with E-state index in [0.717, 1.165) is 21.7 Å². The van der Waals surface area contributed by atoms with Crippen LogP contribution in [-0.4, -0.2) is 17.4 Å². The van der Waals surface area contributed by atoms with Crippen molar-refractivity contribution in [1.82, 2.24) is 4.98 Å². The summed E-state index contributed by atoms with van der Waals surface area (Å²) in [6.45, 7) is 4.22. The minimum atomic E-state index is -0.0847. The third kappa shape index (κ3) is 4.03. The molecule has 0 aliphatic rings. The zero-order chi connectivity index (χ0) is 20.1. The normalized spacial score (nSPS) is 10.5. The van der Waals surface area contributed by atoms with Crippen molar-refractivity contribution in [2.24, 2.45) is 0 Å². The first-order valence-electron chi connectivity index (χ1n) is 9.37. The van der Waals surface area contributed by atoms with Crippen LogP contribution in [0.25, 0.3) is 21.7 Å². The molecule has 1 aromatic heterocycles. The number of thiazole rings is 1. The molecule has 29 heavy (non-hydrogen) atoms. The number of amides is 1. The topological polar surface area (TPSA) is 33.2 Å². The molecule has 0 aliphatic carbocycles. The molecule has 0 fully saturated rings. The van der Waals surface area contributed by atoms with Crippen LogP contribution < -0.4 is 4.90 Å². The minimum Gasteiger partial charge on any atom is -0.280 e. The van der Waals surface area contributed by atoms with E-state index in [1.165, 1.54) is 11.3 Å². The summed E-state index contributed by atoms with van der Waals surface area (Å²) in [5.74, 6) is -0.0847. The molecule has 0 atom stereocenters. The molecular weight excluding hydrogens is 376 g/mol. The summed E-state index contributed by atoms with van der Waals surface area (Å²) in [5.41, 5.74) is 3.62. The second-order valence-corrected chi connectivity index (χ2v) is 7.45. The first kappa shape index (κ1) is 18.8. The van der Waals surface area contributed by atoms with Crippen LogP contribution >= 0.6 is 11.3 Å². The maximum absolute atomic E-state index is 13.2. The summed E-state index contributed by atoms with van der Waals surface area (Å²) in [6.07, 6.45) is 1.73. The Morgan fingerprint density at radius 1 is 0.862 bits per heavy atom. The predicted octanol–water partition coefficient (Wildman–Crippen LogP) is 6.31.